The zero-order valence-electron chi connectivity index (χ0n) is 19.1. The van der Waals surface area contributed by atoms with Crippen molar-refractivity contribution in [3.63, 3.8) is 0 Å². The van der Waals surface area contributed by atoms with E-state index in [2.05, 4.69) is 71.6 Å². The number of hydrazine groups is 2. The molecular weight excluding hydrogens is 444 g/mol. The number of hydrazone groups is 1. The van der Waals surface area contributed by atoms with Gasteiger partial charge in [0.2, 0.25) is 0 Å². The van der Waals surface area contributed by atoms with Gasteiger partial charge < -0.3 is 4.74 Å². The Morgan fingerprint density at radius 2 is 1.68 bits per heavy atom. The van der Waals surface area contributed by atoms with E-state index in [1.807, 2.05) is 46.2 Å². The molecule has 0 bridgehead atoms. The summed E-state index contributed by atoms with van der Waals surface area (Å²) in [5, 5.41) is 12.4. The summed E-state index contributed by atoms with van der Waals surface area (Å²) in [5.41, 5.74) is 11.7. The molecule has 0 atom stereocenters. The quantitative estimate of drug-likeness (QED) is 0.365. The minimum absolute atomic E-state index is 0.633. The number of nitrogens with zero attached hydrogens (tertiary/aromatic N) is 4. The van der Waals surface area contributed by atoms with Gasteiger partial charge in [-0.15, -0.1) is 22.4 Å². The fourth-order valence-electron chi connectivity index (χ4n) is 3.81. The maximum absolute atomic E-state index is 5.28. The van der Waals surface area contributed by atoms with Crippen LogP contribution in [0, 0.1) is 6.92 Å². The van der Waals surface area contributed by atoms with Crippen molar-refractivity contribution in [1.82, 2.24) is 25.9 Å². The third-order valence-corrected chi connectivity index (χ3v) is 6.77. The highest BCUT2D eigenvalue weighted by Crippen LogP contribution is 2.31. The molecule has 0 saturated carbocycles. The molecule has 2 N–H and O–H groups in total. The minimum Gasteiger partial charge on any atom is -0.497 e. The van der Waals surface area contributed by atoms with Gasteiger partial charge in [-0.3, -0.25) is 5.01 Å². The zero-order valence-corrected chi connectivity index (χ0v) is 19.9. The fraction of sp³-hybridized carbons (Fsp3) is 0.154. The van der Waals surface area contributed by atoms with E-state index in [9.17, 15) is 0 Å². The van der Waals surface area contributed by atoms with Crippen LogP contribution in [0.25, 0.3) is 5.69 Å². The first-order valence-corrected chi connectivity index (χ1v) is 12.0. The fourth-order valence-corrected chi connectivity index (χ4v) is 4.88. The maximum Gasteiger partial charge on any atom is 0.177 e. The van der Waals surface area contributed by atoms with Gasteiger partial charge in [0.1, 0.15) is 10.8 Å². The number of methoxy groups -OCH3 is 1. The molecule has 0 fully saturated rings. The van der Waals surface area contributed by atoms with E-state index in [1.165, 1.54) is 11.1 Å². The van der Waals surface area contributed by atoms with Crippen LogP contribution < -0.4 is 15.8 Å². The van der Waals surface area contributed by atoms with Gasteiger partial charge in [0.25, 0.3) is 0 Å². The second kappa shape index (κ2) is 10.0. The Balaban J connectivity index is 1.47. The van der Waals surface area contributed by atoms with Crippen molar-refractivity contribution in [3.05, 3.63) is 107 Å². The predicted octanol–water partition coefficient (Wildman–Crippen LogP) is 4.67. The van der Waals surface area contributed by atoms with Gasteiger partial charge >= 0.3 is 0 Å². The van der Waals surface area contributed by atoms with Crippen molar-refractivity contribution in [3.8, 4) is 11.4 Å². The van der Waals surface area contributed by atoms with Crippen molar-refractivity contribution in [1.29, 1.82) is 0 Å². The highest BCUT2D eigenvalue weighted by molar-refractivity contribution is 7.98. The van der Waals surface area contributed by atoms with E-state index >= 15 is 0 Å². The summed E-state index contributed by atoms with van der Waals surface area (Å²) in [6, 6.07) is 26.8. The Labute approximate surface area is 203 Å². The van der Waals surface area contributed by atoms with Crippen LogP contribution in [0.15, 0.2) is 95.2 Å². The molecule has 0 radical (unpaired) electrons. The van der Waals surface area contributed by atoms with Crippen LogP contribution in [0.1, 0.15) is 22.3 Å². The second-order valence-corrected chi connectivity index (χ2v) is 8.89. The third-order valence-electron chi connectivity index (χ3n) is 5.63. The van der Waals surface area contributed by atoms with E-state index in [4.69, 9.17) is 9.84 Å². The number of aryl methyl sites for hydroxylation is 1. The Kier molecular flexibility index (Phi) is 6.51. The van der Waals surface area contributed by atoms with Gasteiger partial charge in [0.15, 0.2) is 5.84 Å². The highest BCUT2D eigenvalue weighted by atomic mass is 32.2. The molecule has 172 valence electrons. The summed E-state index contributed by atoms with van der Waals surface area (Å²) in [5.74, 6) is 2.47. The van der Waals surface area contributed by atoms with Crippen molar-refractivity contribution in [2.45, 2.75) is 24.2 Å². The van der Waals surface area contributed by atoms with E-state index in [1.54, 1.807) is 18.9 Å². The van der Waals surface area contributed by atoms with Crippen LogP contribution >= 0.6 is 11.8 Å². The van der Waals surface area contributed by atoms with Gasteiger partial charge in [-0.05, 0) is 41.8 Å². The zero-order chi connectivity index (χ0) is 23.3. The molecule has 3 aromatic carbocycles. The number of thioether (sulfide) groups is 1. The SMILES string of the molecule is COc1ccc(CN2NNN=C2c2cnn(-c3ccccc3C)c2SCc2ccccc2)cc1. The van der Waals surface area contributed by atoms with Gasteiger partial charge in [-0.1, -0.05) is 60.7 Å². The normalized spacial score (nSPS) is 13.0. The molecule has 1 aliphatic heterocycles. The summed E-state index contributed by atoms with van der Waals surface area (Å²) in [6.45, 7) is 2.74. The number of para-hydroxylation sites is 1. The van der Waals surface area contributed by atoms with Crippen molar-refractivity contribution < 1.29 is 4.74 Å². The molecular formula is C26H26N6OS. The topological polar surface area (TPSA) is 66.7 Å². The molecule has 0 spiro atoms. The smallest absolute Gasteiger partial charge is 0.177 e. The summed E-state index contributed by atoms with van der Waals surface area (Å²) in [4.78, 5) is 0. The number of ether oxygens (including phenoxy) is 1. The number of rotatable bonds is 8. The molecule has 8 heteroatoms. The Morgan fingerprint density at radius 3 is 2.44 bits per heavy atom. The number of aromatic nitrogens is 2. The Bertz CT molecular complexity index is 1290. The number of amidine groups is 1. The lowest BCUT2D eigenvalue weighted by atomic mass is 10.2. The van der Waals surface area contributed by atoms with Crippen molar-refractivity contribution in [2.75, 3.05) is 7.11 Å². The van der Waals surface area contributed by atoms with Gasteiger partial charge in [-0.25, -0.2) is 10.2 Å². The van der Waals surface area contributed by atoms with Gasteiger partial charge in [0, 0.05) is 5.75 Å². The molecule has 34 heavy (non-hydrogen) atoms. The first kappa shape index (κ1) is 22.1. The van der Waals surface area contributed by atoms with Crippen LogP contribution in [0.5, 0.6) is 5.75 Å². The number of nitrogens with one attached hydrogen (secondary N) is 2. The number of hydrogen-bond donors (Lipinski definition) is 2. The molecule has 1 aliphatic rings. The van der Waals surface area contributed by atoms with Crippen LogP contribution in [-0.2, 0) is 12.3 Å². The van der Waals surface area contributed by atoms with Crippen LogP contribution in [0.3, 0.4) is 0 Å². The predicted molar refractivity (Wildman–Crippen MR) is 136 cm³/mol. The van der Waals surface area contributed by atoms with E-state index in [0.29, 0.717) is 6.54 Å². The third kappa shape index (κ3) is 4.64. The molecule has 0 aliphatic carbocycles. The summed E-state index contributed by atoms with van der Waals surface area (Å²) >= 11 is 1.76. The van der Waals surface area contributed by atoms with Crippen molar-refractivity contribution >= 4 is 17.6 Å². The van der Waals surface area contributed by atoms with Gasteiger partial charge in [0.05, 0.1) is 31.1 Å². The van der Waals surface area contributed by atoms with Crippen LogP contribution in [-0.4, -0.2) is 27.7 Å². The Hall–Kier alpha value is -3.75. The lowest BCUT2D eigenvalue weighted by Crippen LogP contribution is -2.40. The Morgan fingerprint density at radius 1 is 0.912 bits per heavy atom. The first-order chi connectivity index (χ1) is 16.7. The van der Waals surface area contributed by atoms with E-state index < -0.39 is 0 Å². The van der Waals surface area contributed by atoms with E-state index in [0.717, 1.165) is 39.2 Å². The average Bonchev–Trinajstić information content (AvgIpc) is 3.50. The monoisotopic (exact) mass is 470 g/mol. The molecule has 0 saturated heterocycles. The number of benzene rings is 3. The molecule has 2 heterocycles. The molecule has 7 nitrogen and oxygen atoms in total. The molecule has 5 rings (SSSR count). The van der Waals surface area contributed by atoms with Crippen LogP contribution in [0.4, 0.5) is 0 Å². The van der Waals surface area contributed by atoms with Crippen molar-refractivity contribution in [2.24, 2.45) is 5.10 Å². The maximum atomic E-state index is 5.28. The summed E-state index contributed by atoms with van der Waals surface area (Å²) in [7, 11) is 1.67. The molecule has 0 unspecified atom stereocenters. The highest BCUT2D eigenvalue weighted by Gasteiger charge is 2.26. The molecule has 0 amide bonds. The van der Waals surface area contributed by atoms with Crippen LogP contribution in [0.2, 0.25) is 0 Å². The number of hydrogen-bond acceptors (Lipinski definition) is 7. The average molecular weight is 471 g/mol. The van der Waals surface area contributed by atoms with Gasteiger partial charge in [-0.2, -0.15) is 5.10 Å². The minimum atomic E-state index is 0.633. The summed E-state index contributed by atoms with van der Waals surface area (Å²) in [6.07, 6.45) is 1.90. The second-order valence-electron chi connectivity index (χ2n) is 7.93. The lowest BCUT2D eigenvalue weighted by Gasteiger charge is -2.19. The summed E-state index contributed by atoms with van der Waals surface area (Å²) < 4.78 is 7.30. The molecule has 4 aromatic rings. The van der Waals surface area contributed by atoms with E-state index in [-0.39, 0.29) is 0 Å². The standard InChI is InChI=1S/C26H26N6OS/c1-19-8-6-7-11-24(19)32-26(34-18-21-9-4-3-5-10-21)23(16-27-32)25-28-29-30-31(25)17-20-12-14-22(33-2)15-13-20/h3-16,29-30H,17-18H2,1-2H3. The first-order valence-electron chi connectivity index (χ1n) is 11.0. The lowest BCUT2D eigenvalue weighted by molar-refractivity contribution is 0.287. The molecule has 1 aromatic heterocycles. The largest absolute Gasteiger partial charge is 0.497 e.